The lowest BCUT2D eigenvalue weighted by molar-refractivity contribution is -0.137. The number of H-pyrrole nitrogens is 2. The Morgan fingerprint density at radius 1 is 1.04 bits per heavy atom. The third-order valence-corrected chi connectivity index (χ3v) is 6.50. The van der Waals surface area contributed by atoms with Crippen LogP contribution in [0.15, 0.2) is 38.8 Å². The Hall–Kier alpha value is -2.60. The van der Waals surface area contributed by atoms with Crippen molar-refractivity contribution in [1.29, 1.82) is 0 Å². The molecule has 0 amide bonds. The number of alkyl halides is 3. The lowest BCUT2D eigenvalue weighted by Crippen LogP contribution is -2.50. The van der Waals surface area contributed by atoms with Gasteiger partial charge in [0.15, 0.2) is 4.90 Å². The Morgan fingerprint density at radius 2 is 1.68 bits per heavy atom. The molecule has 1 aromatic heterocycles. The van der Waals surface area contributed by atoms with Crippen LogP contribution in [-0.4, -0.2) is 48.9 Å². The van der Waals surface area contributed by atoms with Gasteiger partial charge in [0, 0.05) is 37.6 Å². The lowest BCUT2D eigenvalue weighted by Gasteiger charge is -2.35. The zero-order chi connectivity index (χ0) is 20.7. The first-order valence-corrected chi connectivity index (χ1v) is 9.70. The minimum Gasteiger partial charge on any atom is -0.369 e. The number of nitrogens with one attached hydrogen (secondary N) is 2. The first kappa shape index (κ1) is 20.1. The summed E-state index contributed by atoms with van der Waals surface area (Å²) in [5.41, 5.74) is -2.34. The van der Waals surface area contributed by atoms with Crippen LogP contribution in [0.1, 0.15) is 11.3 Å². The summed E-state index contributed by atoms with van der Waals surface area (Å²) in [6, 6.07) is 4.80. The van der Waals surface area contributed by atoms with Crippen molar-refractivity contribution in [3.8, 4) is 0 Å². The van der Waals surface area contributed by atoms with Gasteiger partial charge in [-0.15, -0.1) is 0 Å². The van der Waals surface area contributed by atoms with Gasteiger partial charge in [-0.25, -0.2) is 13.2 Å². The third-order valence-electron chi connectivity index (χ3n) is 4.45. The normalized spacial score (nSPS) is 16.4. The summed E-state index contributed by atoms with van der Waals surface area (Å²) >= 11 is 0. The highest BCUT2D eigenvalue weighted by Crippen LogP contribution is 2.32. The molecule has 1 aromatic carbocycles. The van der Waals surface area contributed by atoms with E-state index in [4.69, 9.17) is 0 Å². The summed E-state index contributed by atoms with van der Waals surface area (Å²) in [7, 11) is -4.16. The summed E-state index contributed by atoms with van der Waals surface area (Å²) in [5, 5.41) is 0. The molecular formula is C16H17F3N4O4S. The summed E-state index contributed by atoms with van der Waals surface area (Å²) in [5.74, 6) is 0. The zero-order valence-corrected chi connectivity index (χ0v) is 15.5. The van der Waals surface area contributed by atoms with E-state index in [1.807, 2.05) is 4.98 Å². The highest BCUT2D eigenvalue weighted by molar-refractivity contribution is 7.89. The van der Waals surface area contributed by atoms with E-state index in [2.05, 4.69) is 4.98 Å². The molecule has 1 aliphatic heterocycles. The van der Waals surface area contributed by atoms with Gasteiger partial charge in [0.2, 0.25) is 10.0 Å². The molecule has 2 aromatic rings. The molecule has 12 heteroatoms. The number of halogens is 3. The Morgan fingerprint density at radius 3 is 2.25 bits per heavy atom. The van der Waals surface area contributed by atoms with E-state index in [1.54, 1.807) is 4.90 Å². The Balaban J connectivity index is 1.81. The standard InChI is InChI=1S/C16H17F3N4O4S/c1-10-13(14(24)21-15(25)20-10)28(26,27)23-7-5-22(6-8-23)12-4-2-3-11(9-12)16(17,18)19/h2-4,9H,5-8H2,1H3,(H2,20,21,24,25). The van der Waals surface area contributed by atoms with Crippen molar-refractivity contribution < 1.29 is 21.6 Å². The number of hydrogen-bond donors (Lipinski definition) is 2. The number of aromatic nitrogens is 2. The summed E-state index contributed by atoms with van der Waals surface area (Å²) in [6.45, 7) is 1.58. The van der Waals surface area contributed by atoms with Gasteiger partial charge in [0.25, 0.3) is 5.56 Å². The van der Waals surface area contributed by atoms with E-state index in [9.17, 15) is 31.2 Å². The molecule has 0 radical (unpaired) electrons. The smallest absolute Gasteiger partial charge is 0.369 e. The maximum absolute atomic E-state index is 12.9. The first-order valence-electron chi connectivity index (χ1n) is 8.26. The molecule has 0 atom stereocenters. The van der Waals surface area contributed by atoms with Crippen LogP contribution in [0.3, 0.4) is 0 Å². The molecule has 2 heterocycles. The second kappa shape index (κ2) is 7.09. The molecule has 0 bridgehead atoms. The number of aryl methyl sites for hydroxylation is 1. The quantitative estimate of drug-likeness (QED) is 0.771. The Labute approximate surface area is 157 Å². The van der Waals surface area contributed by atoms with Gasteiger partial charge in [-0.3, -0.25) is 9.78 Å². The number of rotatable bonds is 3. The SMILES string of the molecule is Cc1[nH]c(=O)[nH]c(=O)c1S(=O)(=O)N1CCN(c2cccc(C(F)(F)F)c2)CC1. The van der Waals surface area contributed by atoms with Crippen LogP contribution in [0.5, 0.6) is 0 Å². The molecule has 1 saturated heterocycles. The van der Waals surface area contributed by atoms with E-state index in [-0.39, 0.29) is 31.9 Å². The number of hydrogen-bond acceptors (Lipinski definition) is 5. The highest BCUT2D eigenvalue weighted by Gasteiger charge is 2.34. The van der Waals surface area contributed by atoms with E-state index in [0.717, 1.165) is 16.4 Å². The van der Waals surface area contributed by atoms with Gasteiger partial charge in [-0.1, -0.05) is 6.07 Å². The lowest BCUT2D eigenvalue weighted by atomic mass is 10.1. The Kier molecular flexibility index (Phi) is 5.10. The van der Waals surface area contributed by atoms with Gasteiger partial charge in [-0.05, 0) is 25.1 Å². The van der Waals surface area contributed by atoms with Gasteiger partial charge in [-0.2, -0.15) is 17.5 Å². The minimum absolute atomic E-state index is 0.0173. The van der Waals surface area contributed by atoms with Gasteiger partial charge in [0.1, 0.15) is 0 Å². The van der Waals surface area contributed by atoms with Crippen LogP contribution in [0.2, 0.25) is 0 Å². The molecule has 0 saturated carbocycles. The summed E-state index contributed by atoms with van der Waals surface area (Å²) in [4.78, 5) is 28.5. The van der Waals surface area contributed by atoms with Crippen molar-refractivity contribution in [2.24, 2.45) is 0 Å². The molecular weight excluding hydrogens is 401 g/mol. The van der Waals surface area contributed by atoms with Crippen molar-refractivity contribution in [2.45, 2.75) is 18.0 Å². The summed E-state index contributed by atoms with van der Waals surface area (Å²) < 4.78 is 65.3. The molecule has 0 unspecified atom stereocenters. The number of benzene rings is 1. The minimum atomic E-state index is -4.47. The molecule has 1 fully saturated rings. The van der Waals surface area contributed by atoms with E-state index < -0.39 is 37.9 Å². The fourth-order valence-electron chi connectivity index (χ4n) is 3.09. The van der Waals surface area contributed by atoms with Crippen molar-refractivity contribution in [3.05, 3.63) is 56.4 Å². The number of aromatic amines is 2. The van der Waals surface area contributed by atoms with Crippen molar-refractivity contribution in [2.75, 3.05) is 31.1 Å². The van der Waals surface area contributed by atoms with E-state index in [0.29, 0.717) is 5.69 Å². The predicted molar refractivity (Wildman–Crippen MR) is 94.8 cm³/mol. The second-order valence-corrected chi connectivity index (χ2v) is 8.18. The van der Waals surface area contributed by atoms with Crippen molar-refractivity contribution in [3.63, 3.8) is 0 Å². The average molecular weight is 418 g/mol. The van der Waals surface area contributed by atoms with Crippen LogP contribution in [0.4, 0.5) is 18.9 Å². The average Bonchev–Trinajstić information content (AvgIpc) is 2.60. The van der Waals surface area contributed by atoms with Gasteiger partial charge < -0.3 is 9.88 Å². The van der Waals surface area contributed by atoms with Crippen LogP contribution < -0.4 is 16.1 Å². The van der Waals surface area contributed by atoms with Crippen LogP contribution in [0, 0.1) is 6.92 Å². The van der Waals surface area contributed by atoms with Crippen LogP contribution in [-0.2, 0) is 16.2 Å². The topological polar surface area (TPSA) is 106 Å². The van der Waals surface area contributed by atoms with Gasteiger partial charge in [0.05, 0.1) is 5.56 Å². The molecule has 3 rings (SSSR count). The van der Waals surface area contributed by atoms with Crippen LogP contribution in [0.25, 0.3) is 0 Å². The zero-order valence-electron chi connectivity index (χ0n) is 14.7. The molecule has 1 aliphatic rings. The van der Waals surface area contributed by atoms with Gasteiger partial charge >= 0.3 is 11.9 Å². The number of anilines is 1. The maximum atomic E-state index is 12.9. The molecule has 8 nitrogen and oxygen atoms in total. The summed E-state index contributed by atoms with van der Waals surface area (Å²) in [6.07, 6.45) is -4.47. The Bertz CT molecular complexity index is 1100. The molecule has 28 heavy (non-hydrogen) atoms. The van der Waals surface area contributed by atoms with E-state index in [1.165, 1.54) is 19.1 Å². The molecule has 152 valence electrons. The fourth-order valence-corrected chi connectivity index (χ4v) is 4.72. The fraction of sp³-hybridized carbons (Fsp3) is 0.375. The molecule has 0 spiro atoms. The van der Waals surface area contributed by atoms with Crippen molar-refractivity contribution >= 4 is 15.7 Å². The highest BCUT2D eigenvalue weighted by atomic mass is 32.2. The second-order valence-electron chi connectivity index (χ2n) is 6.30. The molecule has 0 aliphatic carbocycles. The first-order chi connectivity index (χ1) is 13.0. The number of nitrogens with zero attached hydrogens (tertiary/aromatic N) is 2. The third kappa shape index (κ3) is 3.83. The largest absolute Gasteiger partial charge is 0.416 e. The molecule has 2 N–H and O–H groups in total. The monoisotopic (exact) mass is 418 g/mol. The van der Waals surface area contributed by atoms with E-state index >= 15 is 0 Å². The van der Waals surface area contributed by atoms with Crippen LogP contribution >= 0.6 is 0 Å². The maximum Gasteiger partial charge on any atom is 0.416 e. The number of sulfonamides is 1. The van der Waals surface area contributed by atoms with Crippen molar-refractivity contribution in [1.82, 2.24) is 14.3 Å². The number of piperazine rings is 1. The predicted octanol–water partition coefficient (Wildman–Crippen LogP) is 0.901.